The van der Waals surface area contributed by atoms with E-state index in [1.54, 1.807) is 30.5 Å². The normalized spacial score (nSPS) is 11.2. The van der Waals surface area contributed by atoms with Crippen LogP contribution in [0.3, 0.4) is 0 Å². The third kappa shape index (κ3) is 6.51. The highest BCUT2D eigenvalue weighted by atomic mass is 79.9. The molecule has 1 aromatic carbocycles. The summed E-state index contributed by atoms with van der Waals surface area (Å²) in [5.41, 5.74) is 1.96. The summed E-state index contributed by atoms with van der Waals surface area (Å²) in [5, 5.41) is 11.6. The molecular weight excluding hydrogens is 400 g/mol. The smallest absolute Gasteiger partial charge is 0.251 e. The van der Waals surface area contributed by atoms with E-state index in [-0.39, 0.29) is 5.91 Å². The van der Waals surface area contributed by atoms with Crippen LogP contribution in [0.5, 0.6) is 0 Å². The second kappa shape index (κ2) is 10.2. The topological polar surface area (TPSA) is 65.5 Å². The molecule has 0 bridgehead atoms. The number of aryl methyl sites for hydroxylation is 1. The number of halogens is 1. The Kier molecular flexibility index (Phi) is 7.94. The molecule has 1 aromatic heterocycles. The van der Waals surface area contributed by atoms with E-state index in [1.165, 1.54) is 10.4 Å². The summed E-state index contributed by atoms with van der Waals surface area (Å²) in [6, 6.07) is 9.45. The molecule has 0 unspecified atom stereocenters. The molecule has 5 nitrogen and oxygen atoms in total. The van der Waals surface area contributed by atoms with Gasteiger partial charge < -0.3 is 16.0 Å². The number of thiophene rings is 1. The molecular formula is C18H23BrN4OS. The average Bonchev–Trinajstić information content (AvgIpc) is 3.02. The first kappa shape index (κ1) is 19.5. The molecule has 0 aliphatic carbocycles. The Labute approximate surface area is 161 Å². The van der Waals surface area contributed by atoms with Crippen LogP contribution in [0.1, 0.15) is 27.2 Å². The van der Waals surface area contributed by atoms with Crippen LogP contribution in [0, 0.1) is 6.92 Å². The number of carbonyl (C=O) groups is 1. The van der Waals surface area contributed by atoms with Crippen LogP contribution in [0.2, 0.25) is 0 Å². The van der Waals surface area contributed by atoms with Crippen molar-refractivity contribution in [2.24, 2.45) is 4.99 Å². The first-order valence-corrected chi connectivity index (χ1v) is 9.78. The number of hydrogen-bond acceptors (Lipinski definition) is 3. The van der Waals surface area contributed by atoms with Crippen molar-refractivity contribution >= 4 is 39.1 Å². The Morgan fingerprint density at radius 1 is 1.12 bits per heavy atom. The third-order valence-electron chi connectivity index (χ3n) is 3.65. The molecule has 0 saturated carbocycles. The largest absolute Gasteiger partial charge is 0.356 e. The van der Waals surface area contributed by atoms with Crippen molar-refractivity contribution in [2.75, 3.05) is 20.1 Å². The van der Waals surface area contributed by atoms with E-state index in [4.69, 9.17) is 0 Å². The Bertz CT molecular complexity index is 712. The van der Waals surface area contributed by atoms with Gasteiger partial charge in [-0.05, 0) is 54.6 Å². The zero-order valence-electron chi connectivity index (χ0n) is 14.4. The van der Waals surface area contributed by atoms with E-state index in [0.29, 0.717) is 12.1 Å². The molecule has 7 heteroatoms. The molecule has 0 spiro atoms. The fraction of sp³-hybridized carbons (Fsp3) is 0.333. The molecule has 2 rings (SSSR count). The lowest BCUT2D eigenvalue weighted by atomic mass is 10.2. The molecule has 1 heterocycles. The lowest BCUT2D eigenvalue weighted by Crippen LogP contribution is -2.38. The minimum atomic E-state index is -0.0526. The van der Waals surface area contributed by atoms with Crippen molar-refractivity contribution in [3.8, 4) is 0 Å². The van der Waals surface area contributed by atoms with Gasteiger partial charge in [0.05, 0.1) is 6.54 Å². The van der Waals surface area contributed by atoms with Crippen molar-refractivity contribution < 1.29 is 4.79 Å². The van der Waals surface area contributed by atoms with Gasteiger partial charge >= 0.3 is 0 Å². The Balaban J connectivity index is 1.63. The maximum absolute atomic E-state index is 12.0. The van der Waals surface area contributed by atoms with Crippen LogP contribution in [-0.4, -0.2) is 32.0 Å². The van der Waals surface area contributed by atoms with Crippen LogP contribution >= 0.6 is 27.3 Å². The zero-order valence-corrected chi connectivity index (χ0v) is 16.8. The average molecular weight is 423 g/mol. The van der Waals surface area contributed by atoms with Crippen molar-refractivity contribution in [2.45, 2.75) is 19.9 Å². The van der Waals surface area contributed by atoms with E-state index in [2.05, 4.69) is 55.2 Å². The van der Waals surface area contributed by atoms with Crippen LogP contribution in [0.25, 0.3) is 0 Å². The van der Waals surface area contributed by atoms with Gasteiger partial charge in [-0.25, -0.2) is 0 Å². The highest BCUT2D eigenvalue weighted by Crippen LogP contribution is 2.14. The molecule has 134 valence electrons. The van der Waals surface area contributed by atoms with E-state index in [0.717, 1.165) is 29.9 Å². The maximum Gasteiger partial charge on any atom is 0.251 e. The molecule has 0 radical (unpaired) electrons. The second-order valence-electron chi connectivity index (χ2n) is 5.50. The quantitative estimate of drug-likeness (QED) is 0.364. The Morgan fingerprint density at radius 3 is 2.48 bits per heavy atom. The lowest BCUT2D eigenvalue weighted by Gasteiger charge is -2.12. The minimum absolute atomic E-state index is 0.0526. The van der Waals surface area contributed by atoms with Crippen LogP contribution in [0.15, 0.2) is 45.2 Å². The van der Waals surface area contributed by atoms with E-state index in [9.17, 15) is 4.79 Å². The first-order valence-electron chi connectivity index (χ1n) is 8.11. The predicted molar refractivity (Wildman–Crippen MR) is 108 cm³/mol. The number of amides is 1. The Morgan fingerprint density at radius 2 is 1.84 bits per heavy atom. The number of guanidine groups is 1. The summed E-state index contributed by atoms with van der Waals surface area (Å²) < 4.78 is 0.963. The summed E-state index contributed by atoms with van der Waals surface area (Å²) in [6.07, 6.45) is 0.820. The molecule has 2 aromatic rings. The molecule has 0 atom stereocenters. The summed E-state index contributed by atoms with van der Waals surface area (Å²) in [5.74, 6) is 0.718. The number of hydrogen-bond donors (Lipinski definition) is 3. The minimum Gasteiger partial charge on any atom is -0.356 e. The predicted octanol–water partition coefficient (Wildman–Crippen LogP) is 3.30. The highest BCUT2D eigenvalue weighted by Gasteiger charge is 2.05. The van der Waals surface area contributed by atoms with Gasteiger partial charge in [0.1, 0.15) is 0 Å². The van der Waals surface area contributed by atoms with Gasteiger partial charge in [-0.3, -0.25) is 9.79 Å². The molecule has 0 saturated heterocycles. The van der Waals surface area contributed by atoms with Gasteiger partial charge in [0.25, 0.3) is 5.91 Å². The number of nitrogens with zero attached hydrogens (tertiary/aromatic N) is 1. The summed E-state index contributed by atoms with van der Waals surface area (Å²) in [6.45, 7) is 4.23. The molecule has 25 heavy (non-hydrogen) atoms. The van der Waals surface area contributed by atoms with Gasteiger partial charge in [-0.1, -0.05) is 15.9 Å². The van der Waals surface area contributed by atoms with Crippen LogP contribution in [0.4, 0.5) is 0 Å². The monoisotopic (exact) mass is 422 g/mol. The first-order chi connectivity index (χ1) is 12.1. The van der Waals surface area contributed by atoms with Crippen molar-refractivity contribution in [1.29, 1.82) is 0 Å². The van der Waals surface area contributed by atoms with Gasteiger partial charge in [-0.15, -0.1) is 11.3 Å². The van der Waals surface area contributed by atoms with E-state index >= 15 is 0 Å². The molecule has 0 fully saturated rings. The number of carbonyl (C=O) groups excluding carboxylic acids is 1. The Hall–Kier alpha value is -1.86. The second-order valence-corrected chi connectivity index (χ2v) is 7.41. The number of rotatable bonds is 7. The SMILES string of the molecule is CN=C(NCCCNC(=O)c1ccc(Br)cc1)NCc1sccc1C. The fourth-order valence-corrected chi connectivity index (χ4v) is 3.28. The number of benzene rings is 1. The zero-order chi connectivity index (χ0) is 18.1. The number of nitrogens with one attached hydrogen (secondary N) is 3. The maximum atomic E-state index is 12.0. The van der Waals surface area contributed by atoms with E-state index < -0.39 is 0 Å². The molecule has 3 N–H and O–H groups in total. The van der Waals surface area contributed by atoms with Crippen LogP contribution < -0.4 is 16.0 Å². The third-order valence-corrected chi connectivity index (χ3v) is 5.20. The summed E-state index contributed by atoms with van der Waals surface area (Å²) >= 11 is 5.10. The van der Waals surface area contributed by atoms with E-state index in [1.807, 2.05) is 12.1 Å². The fourth-order valence-electron chi connectivity index (χ4n) is 2.17. The van der Waals surface area contributed by atoms with Crippen LogP contribution in [-0.2, 0) is 6.54 Å². The van der Waals surface area contributed by atoms with Gasteiger partial charge in [0.15, 0.2) is 5.96 Å². The highest BCUT2D eigenvalue weighted by molar-refractivity contribution is 9.10. The van der Waals surface area contributed by atoms with Gasteiger partial charge in [-0.2, -0.15) is 0 Å². The lowest BCUT2D eigenvalue weighted by molar-refractivity contribution is 0.0953. The van der Waals surface area contributed by atoms with Gasteiger partial charge in [0, 0.05) is 35.1 Å². The number of aliphatic imine (C=N–C) groups is 1. The van der Waals surface area contributed by atoms with Crippen molar-refractivity contribution in [1.82, 2.24) is 16.0 Å². The summed E-state index contributed by atoms with van der Waals surface area (Å²) in [4.78, 5) is 17.5. The molecule has 0 aliphatic rings. The summed E-state index contributed by atoms with van der Waals surface area (Å²) in [7, 11) is 1.76. The molecule has 1 amide bonds. The van der Waals surface area contributed by atoms with Crippen molar-refractivity contribution in [3.63, 3.8) is 0 Å². The van der Waals surface area contributed by atoms with Gasteiger partial charge in [0.2, 0.25) is 0 Å². The molecule has 0 aliphatic heterocycles. The van der Waals surface area contributed by atoms with Crippen molar-refractivity contribution in [3.05, 3.63) is 56.2 Å². The standard InChI is InChI=1S/C18H23BrN4OS/c1-13-8-11-25-16(13)12-23-18(20-2)22-10-3-9-21-17(24)14-4-6-15(19)7-5-14/h4-8,11H,3,9-10,12H2,1-2H3,(H,21,24)(H2,20,22,23).